The molecular weight excluding hydrogens is 294 g/mol. The van der Waals surface area contributed by atoms with Crippen molar-refractivity contribution in [3.8, 4) is 0 Å². The van der Waals surface area contributed by atoms with E-state index in [1.165, 1.54) is 0 Å². The molecule has 5 heteroatoms. The lowest BCUT2D eigenvalue weighted by Crippen LogP contribution is -2.38. The Morgan fingerprint density at radius 2 is 2.50 bits per heavy atom. The van der Waals surface area contributed by atoms with Crippen LogP contribution in [0.1, 0.15) is 26.2 Å². The van der Waals surface area contributed by atoms with E-state index in [-0.39, 0.29) is 11.3 Å². The maximum Gasteiger partial charge on any atom is 0.231 e. The predicted octanol–water partition coefficient (Wildman–Crippen LogP) is 2.56. The average Bonchev–Trinajstić information content (AvgIpc) is 2.82. The molecule has 0 spiro atoms. The summed E-state index contributed by atoms with van der Waals surface area (Å²) in [5, 5.41) is 6.31. The molecule has 2 rings (SSSR count). The number of amides is 1. The molecule has 0 saturated carbocycles. The normalized spacial score (nSPS) is 23.0. The molecule has 0 radical (unpaired) electrons. The minimum atomic E-state index is -0.253. The summed E-state index contributed by atoms with van der Waals surface area (Å²) in [6.45, 7) is 3.82. The minimum absolute atomic E-state index is 0.112. The molecule has 1 unspecified atom stereocenters. The van der Waals surface area contributed by atoms with E-state index in [9.17, 15) is 4.79 Å². The first-order valence-electron chi connectivity index (χ1n) is 6.30. The fraction of sp³-hybridized carbons (Fsp3) is 0.538. The molecule has 1 fully saturated rings. The maximum atomic E-state index is 12.5. The number of rotatable bonds is 4. The lowest BCUT2D eigenvalue weighted by atomic mass is 9.81. The Kier molecular flexibility index (Phi) is 4.35. The fourth-order valence-electron chi connectivity index (χ4n) is 2.47. The average molecular weight is 312 g/mol. The molecular formula is C13H18BrN3O. The van der Waals surface area contributed by atoms with Crippen molar-refractivity contribution in [1.29, 1.82) is 0 Å². The van der Waals surface area contributed by atoms with Gasteiger partial charge in [0.1, 0.15) is 0 Å². The van der Waals surface area contributed by atoms with Gasteiger partial charge in [0, 0.05) is 18.9 Å². The van der Waals surface area contributed by atoms with Crippen LogP contribution in [0, 0.1) is 5.41 Å². The van der Waals surface area contributed by atoms with E-state index in [2.05, 4.69) is 38.5 Å². The molecule has 2 heterocycles. The van der Waals surface area contributed by atoms with Crippen LogP contribution < -0.4 is 10.6 Å². The van der Waals surface area contributed by atoms with Gasteiger partial charge in [-0.15, -0.1) is 0 Å². The highest BCUT2D eigenvalue weighted by Crippen LogP contribution is 2.33. The van der Waals surface area contributed by atoms with Crippen LogP contribution in [0.4, 0.5) is 5.69 Å². The SMILES string of the molecule is CCCC1(C(=O)Nc2ccncc2Br)CCNC1. The summed E-state index contributed by atoms with van der Waals surface area (Å²) < 4.78 is 0.816. The Bertz CT molecular complexity index is 430. The number of halogens is 1. The van der Waals surface area contributed by atoms with Gasteiger partial charge in [0.2, 0.25) is 5.91 Å². The Morgan fingerprint density at radius 1 is 1.67 bits per heavy atom. The Hall–Kier alpha value is -0.940. The number of aromatic nitrogens is 1. The van der Waals surface area contributed by atoms with E-state index in [1.54, 1.807) is 12.4 Å². The van der Waals surface area contributed by atoms with Gasteiger partial charge in [-0.25, -0.2) is 0 Å². The molecule has 1 amide bonds. The van der Waals surface area contributed by atoms with Gasteiger partial charge in [-0.2, -0.15) is 0 Å². The Balaban J connectivity index is 2.13. The summed E-state index contributed by atoms with van der Waals surface area (Å²) in [6, 6.07) is 1.81. The fourth-order valence-corrected chi connectivity index (χ4v) is 2.82. The highest BCUT2D eigenvalue weighted by molar-refractivity contribution is 9.10. The largest absolute Gasteiger partial charge is 0.324 e. The number of hydrogen-bond acceptors (Lipinski definition) is 3. The Morgan fingerprint density at radius 3 is 3.11 bits per heavy atom. The van der Waals surface area contributed by atoms with Gasteiger partial charge in [-0.1, -0.05) is 13.3 Å². The zero-order valence-electron chi connectivity index (χ0n) is 10.5. The summed E-state index contributed by atoms with van der Waals surface area (Å²) in [5.41, 5.74) is 0.537. The van der Waals surface area contributed by atoms with E-state index < -0.39 is 0 Å². The van der Waals surface area contributed by atoms with Crippen molar-refractivity contribution in [2.45, 2.75) is 26.2 Å². The zero-order valence-corrected chi connectivity index (χ0v) is 12.1. The molecule has 18 heavy (non-hydrogen) atoms. The zero-order chi connectivity index (χ0) is 13.0. The van der Waals surface area contributed by atoms with Crippen LogP contribution in [-0.4, -0.2) is 24.0 Å². The van der Waals surface area contributed by atoms with E-state index in [0.29, 0.717) is 0 Å². The van der Waals surface area contributed by atoms with Gasteiger partial charge in [0.25, 0.3) is 0 Å². The molecule has 4 nitrogen and oxygen atoms in total. The van der Waals surface area contributed by atoms with E-state index in [4.69, 9.17) is 0 Å². The molecule has 1 aromatic heterocycles. The summed E-state index contributed by atoms with van der Waals surface area (Å²) in [4.78, 5) is 16.5. The number of anilines is 1. The van der Waals surface area contributed by atoms with Crippen LogP contribution in [0.5, 0.6) is 0 Å². The third-order valence-electron chi connectivity index (χ3n) is 3.47. The molecule has 1 atom stereocenters. The molecule has 1 aliphatic rings. The Labute approximate surface area is 116 Å². The number of pyridine rings is 1. The molecule has 0 bridgehead atoms. The summed E-state index contributed by atoms with van der Waals surface area (Å²) in [7, 11) is 0. The van der Waals surface area contributed by atoms with Gasteiger partial charge in [-0.05, 0) is 41.4 Å². The van der Waals surface area contributed by atoms with Crippen molar-refractivity contribution in [2.24, 2.45) is 5.41 Å². The minimum Gasteiger partial charge on any atom is -0.324 e. The quantitative estimate of drug-likeness (QED) is 0.898. The van der Waals surface area contributed by atoms with E-state index in [0.717, 1.165) is 42.5 Å². The third kappa shape index (κ3) is 2.72. The summed E-state index contributed by atoms with van der Waals surface area (Å²) >= 11 is 3.40. The maximum absolute atomic E-state index is 12.5. The third-order valence-corrected chi connectivity index (χ3v) is 4.11. The van der Waals surface area contributed by atoms with Crippen molar-refractivity contribution < 1.29 is 4.79 Å². The highest BCUT2D eigenvalue weighted by atomic mass is 79.9. The number of nitrogens with zero attached hydrogens (tertiary/aromatic N) is 1. The smallest absolute Gasteiger partial charge is 0.231 e. The molecule has 1 aromatic rings. The topological polar surface area (TPSA) is 54.0 Å². The number of nitrogens with one attached hydrogen (secondary N) is 2. The second kappa shape index (κ2) is 5.80. The van der Waals surface area contributed by atoms with Crippen LogP contribution in [0.3, 0.4) is 0 Å². The van der Waals surface area contributed by atoms with Crippen molar-refractivity contribution in [3.63, 3.8) is 0 Å². The number of hydrogen-bond donors (Lipinski definition) is 2. The second-order valence-electron chi connectivity index (χ2n) is 4.77. The van der Waals surface area contributed by atoms with Crippen LogP contribution in [0.25, 0.3) is 0 Å². The van der Waals surface area contributed by atoms with E-state index >= 15 is 0 Å². The second-order valence-corrected chi connectivity index (χ2v) is 5.62. The van der Waals surface area contributed by atoms with Crippen LogP contribution in [0.2, 0.25) is 0 Å². The van der Waals surface area contributed by atoms with E-state index in [1.807, 2.05) is 6.07 Å². The van der Waals surface area contributed by atoms with Crippen LogP contribution >= 0.6 is 15.9 Å². The van der Waals surface area contributed by atoms with Gasteiger partial charge in [0.05, 0.1) is 15.6 Å². The predicted molar refractivity (Wildman–Crippen MR) is 75.4 cm³/mol. The molecule has 1 saturated heterocycles. The lowest BCUT2D eigenvalue weighted by molar-refractivity contribution is -0.125. The summed E-state index contributed by atoms with van der Waals surface area (Å²) in [5.74, 6) is 0.112. The molecule has 0 aromatic carbocycles. The van der Waals surface area contributed by atoms with Gasteiger partial charge < -0.3 is 10.6 Å². The van der Waals surface area contributed by atoms with Gasteiger partial charge in [-0.3, -0.25) is 9.78 Å². The molecule has 98 valence electrons. The highest BCUT2D eigenvalue weighted by Gasteiger charge is 2.40. The number of carbonyl (C=O) groups is 1. The van der Waals surface area contributed by atoms with Crippen molar-refractivity contribution in [3.05, 3.63) is 22.9 Å². The van der Waals surface area contributed by atoms with Crippen molar-refractivity contribution >= 4 is 27.5 Å². The standard InChI is InChI=1S/C13H18BrN3O/c1-2-4-13(5-7-16-9-13)12(18)17-11-3-6-15-8-10(11)14/h3,6,8,16H,2,4-5,7,9H2,1H3,(H,15,17,18). The van der Waals surface area contributed by atoms with Crippen molar-refractivity contribution in [2.75, 3.05) is 18.4 Å². The molecule has 2 N–H and O–H groups in total. The van der Waals surface area contributed by atoms with Crippen LogP contribution in [-0.2, 0) is 4.79 Å². The van der Waals surface area contributed by atoms with Crippen LogP contribution in [0.15, 0.2) is 22.9 Å². The molecule has 0 aliphatic carbocycles. The lowest BCUT2D eigenvalue weighted by Gasteiger charge is -2.26. The van der Waals surface area contributed by atoms with Crippen molar-refractivity contribution in [1.82, 2.24) is 10.3 Å². The van der Waals surface area contributed by atoms with Gasteiger partial charge in [0.15, 0.2) is 0 Å². The first-order chi connectivity index (χ1) is 8.68. The first-order valence-corrected chi connectivity index (χ1v) is 7.09. The van der Waals surface area contributed by atoms with Gasteiger partial charge >= 0.3 is 0 Å². The summed E-state index contributed by atoms with van der Waals surface area (Å²) in [6.07, 6.45) is 6.23. The molecule has 1 aliphatic heterocycles. The monoisotopic (exact) mass is 311 g/mol. The first kappa shape index (κ1) is 13.5. The number of carbonyl (C=O) groups excluding carboxylic acids is 1.